The van der Waals surface area contributed by atoms with Gasteiger partial charge in [0.05, 0.1) is 10.0 Å². The van der Waals surface area contributed by atoms with Gasteiger partial charge in [0.1, 0.15) is 6.54 Å². The van der Waals surface area contributed by atoms with Crippen LogP contribution in [0.3, 0.4) is 0 Å². The van der Waals surface area contributed by atoms with E-state index in [0.29, 0.717) is 22.2 Å². The molecular formula is C18H15Cl2F3N2O2. The molecule has 0 aliphatic carbocycles. The zero-order valence-electron chi connectivity index (χ0n) is 13.9. The molecule has 0 aromatic heterocycles. The molecule has 2 aromatic rings. The molecule has 0 unspecified atom stereocenters. The SMILES string of the molecule is O=C(CCc1cccc(Cl)c1Cl)Nc1ccc(C(=O)NCC(F)(F)F)cc1. The van der Waals surface area contributed by atoms with Gasteiger partial charge in [0, 0.05) is 17.7 Å². The van der Waals surface area contributed by atoms with Gasteiger partial charge in [-0.05, 0) is 42.3 Å². The minimum Gasteiger partial charge on any atom is -0.343 e. The Hall–Kier alpha value is -2.25. The Morgan fingerprint density at radius 2 is 1.67 bits per heavy atom. The second-order valence-electron chi connectivity index (χ2n) is 5.64. The van der Waals surface area contributed by atoms with Crippen LogP contribution < -0.4 is 10.6 Å². The fraction of sp³-hybridized carbons (Fsp3) is 0.222. The van der Waals surface area contributed by atoms with Crippen molar-refractivity contribution in [2.45, 2.75) is 19.0 Å². The van der Waals surface area contributed by atoms with Gasteiger partial charge >= 0.3 is 6.18 Å². The van der Waals surface area contributed by atoms with Gasteiger partial charge in [-0.3, -0.25) is 9.59 Å². The van der Waals surface area contributed by atoms with E-state index < -0.39 is 18.6 Å². The predicted octanol–water partition coefficient (Wildman–Crippen LogP) is 4.86. The summed E-state index contributed by atoms with van der Waals surface area (Å²) in [6, 6.07) is 10.7. The van der Waals surface area contributed by atoms with Gasteiger partial charge < -0.3 is 10.6 Å². The second kappa shape index (κ2) is 9.10. The predicted molar refractivity (Wildman–Crippen MR) is 98.2 cm³/mol. The summed E-state index contributed by atoms with van der Waals surface area (Å²) in [5.74, 6) is -1.12. The van der Waals surface area contributed by atoms with Crippen molar-refractivity contribution in [1.82, 2.24) is 5.32 Å². The summed E-state index contributed by atoms with van der Waals surface area (Å²) in [5.41, 5.74) is 1.23. The minimum atomic E-state index is -4.48. The second-order valence-corrected chi connectivity index (χ2v) is 6.42. The van der Waals surface area contributed by atoms with Crippen LogP contribution >= 0.6 is 23.2 Å². The molecule has 0 saturated carbocycles. The van der Waals surface area contributed by atoms with Crippen molar-refractivity contribution >= 4 is 40.7 Å². The molecule has 9 heteroatoms. The van der Waals surface area contributed by atoms with Crippen molar-refractivity contribution in [1.29, 1.82) is 0 Å². The van der Waals surface area contributed by atoms with E-state index in [1.807, 2.05) is 0 Å². The largest absolute Gasteiger partial charge is 0.405 e. The van der Waals surface area contributed by atoms with Crippen LogP contribution in [0.25, 0.3) is 0 Å². The van der Waals surface area contributed by atoms with Gasteiger partial charge in [-0.1, -0.05) is 35.3 Å². The summed E-state index contributed by atoms with van der Waals surface area (Å²) in [4.78, 5) is 23.6. The highest BCUT2D eigenvalue weighted by Crippen LogP contribution is 2.26. The lowest BCUT2D eigenvalue weighted by Gasteiger charge is -2.10. The van der Waals surface area contributed by atoms with Gasteiger partial charge in [-0.25, -0.2) is 0 Å². The number of amides is 2. The van der Waals surface area contributed by atoms with Gasteiger partial charge in [0.2, 0.25) is 5.91 Å². The number of carbonyl (C=O) groups excluding carboxylic acids is 2. The highest BCUT2D eigenvalue weighted by Gasteiger charge is 2.27. The monoisotopic (exact) mass is 418 g/mol. The molecule has 0 spiro atoms. The maximum atomic E-state index is 12.1. The van der Waals surface area contributed by atoms with E-state index in [0.717, 1.165) is 5.56 Å². The smallest absolute Gasteiger partial charge is 0.343 e. The fourth-order valence-corrected chi connectivity index (χ4v) is 2.62. The van der Waals surface area contributed by atoms with Crippen LogP contribution in [0.5, 0.6) is 0 Å². The molecule has 0 heterocycles. The number of carbonyl (C=O) groups is 2. The number of hydrogen-bond donors (Lipinski definition) is 2. The molecule has 0 fully saturated rings. The molecule has 2 rings (SSSR count). The number of halogens is 5. The van der Waals surface area contributed by atoms with Gasteiger partial charge in [-0.2, -0.15) is 13.2 Å². The summed E-state index contributed by atoms with van der Waals surface area (Å²) in [6.45, 7) is -1.41. The lowest BCUT2D eigenvalue weighted by atomic mass is 10.1. The van der Waals surface area contributed by atoms with Crippen LogP contribution in [-0.2, 0) is 11.2 Å². The van der Waals surface area contributed by atoms with Crippen molar-refractivity contribution in [3.05, 3.63) is 63.6 Å². The quantitative estimate of drug-likeness (QED) is 0.703. The molecule has 0 radical (unpaired) electrons. The summed E-state index contributed by atoms with van der Waals surface area (Å²) in [5, 5.41) is 5.23. The summed E-state index contributed by atoms with van der Waals surface area (Å²) < 4.78 is 36.3. The number of alkyl halides is 3. The molecule has 0 bridgehead atoms. The van der Waals surface area contributed by atoms with Crippen molar-refractivity contribution < 1.29 is 22.8 Å². The standard InChI is InChI=1S/C18H15Cl2F3N2O2/c19-14-3-1-2-11(16(14)20)6-9-15(26)25-13-7-4-12(5-8-13)17(27)24-10-18(21,22)23/h1-5,7-8H,6,9-10H2,(H,24,27)(H,25,26). The first-order valence-electron chi connectivity index (χ1n) is 7.83. The van der Waals surface area contributed by atoms with Crippen molar-refractivity contribution in [3.8, 4) is 0 Å². The lowest BCUT2D eigenvalue weighted by molar-refractivity contribution is -0.123. The number of hydrogen-bond acceptors (Lipinski definition) is 2. The molecule has 0 atom stereocenters. The third kappa shape index (κ3) is 6.77. The van der Waals surface area contributed by atoms with Crippen LogP contribution in [-0.4, -0.2) is 24.5 Å². The normalized spacial score (nSPS) is 11.1. The summed E-state index contributed by atoms with van der Waals surface area (Å²) in [6.07, 6.45) is -3.92. The maximum absolute atomic E-state index is 12.1. The average Bonchev–Trinajstić information content (AvgIpc) is 2.61. The van der Waals surface area contributed by atoms with E-state index in [9.17, 15) is 22.8 Å². The Morgan fingerprint density at radius 3 is 2.30 bits per heavy atom. The molecule has 2 aromatic carbocycles. The zero-order chi connectivity index (χ0) is 20.0. The minimum absolute atomic E-state index is 0.0583. The number of nitrogens with one attached hydrogen (secondary N) is 2. The molecule has 2 amide bonds. The first-order valence-corrected chi connectivity index (χ1v) is 8.59. The van der Waals surface area contributed by atoms with Crippen molar-refractivity contribution in [3.63, 3.8) is 0 Å². The lowest BCUT2D eigenvalue weighted by Crippen LogP contribution is -2.33. The maximum Gasteiger partial charge on any atom is 0.405 e. The average molecular weight is 419 g/mol. The topological polar surface area (TPSA) is 58.2 Å². The highest BCUT2D eigenvalue weighted by molar-refractivity contribution is 6.42. The summed E-state index contributed by atoms with van der Waals surface area (Å²) >= 11 is 12.0. The molecule has 0 saturated heterocycles. The number of benzene rings is 2. The Bertz CT molecular complexity index is 824. The van der Waals surface area contributed by atoms with Crippen molar-refractivity contribution in [2.24, 2.45) is 0 Å². The fourth-order valence-electron chi connectivity index (χ4n) is 2.20. The number of rotatable bonds is 6. The first kappa shape index (κ1) is 21.1. The van der Waals surface area contributed by atoms with E-state index in [2.05, 4.69) is 5.32 Å². The number of anilines is 1. The first-order chi connectivity index (χ1) is 12.7. The molecule has 4 nitrogen and oxygen atoms in total. The molecule has 0 aliphatic rings. The van der Waals surface area contributed by atoms with Crippen LogP contribution in [0, 0.1) is 0 Å². The van der Waals surface area contributed by atoms with E-state index in [-0.39, 0.29) is 17.9 Å². The van der Waals surface area contributed by atoms with E-state index in [1.165, 1.54) is 24.3 Å². The molecular weight excluding hydrogens is 404 g/mol. The van der Waals surface area contributed by atoms with Crippen LogP contribution in [0.1, 0.15) is 22.3 Å². The van der Waals surface area contributed by atoms with Gasteiger partial charge in [-0.15, -0.1) is 0 Å². The Labute approximate surface area is 163 Å². The van der Waals surface area contributed by atoms with Gasteiger partial charge in [0.25, 0.3) is 5.91 Å². The van der Waals surface area contributed by atoms with E-state index in [4.69, 9.17) is 23.2 Å². The highest BCUT2D eigenvalue weighted by atomic mass is 35.5. The van der Waals surface area contributed by atoms with Crippen molar-refractivity contribution in [2.75, 3.05) is 11.9 Å². The van der Waals surface area contributed by atoms with Crippen LogP contribution in [0.15, 0.2) is 42.5 Å². The third-order valence-corrected chi connectivity index (χ3v) is 4.39. The number of aryl methyl sites for hydroxylation is 1. The van der Waals surface area contributed by atoms with Gasteiger partial charge in [0.15, 0.2) is 0 Å². The zero-order valence-corrected chi connectivity index (χ0v) is 15.4. The molecule has 0 aliphatic heterocycles. The van der Waals surface area contributed by atoms with E-state index >= 15 is 0 Å². The molecule has 27 heavy (non-hydrogen) atoms. The molecule has 2 N–H and O–H groups in total. The Balaban J connectivity index is 1.87. The summed E-state index contributed by atoms with van der Waals surface area (Å²) in [7, 11) is 0. The third-order valence-electron chi connectivity index (χ3n) is 3.53. The van der Waals surface area contributed by atoms with Crippen LogP contribution in [0.4, 0.5) is 18.9 Å². The van der Waals surface area contributed by atoms with Crippen LogP contribution in [0.2, 0.25) is 10.0 Å². The Kier molecular flexibility index (Phi) is 7.10. The molecule has 144 valence electrons. The van der Waals surface area contributed by atoms with E-state index in [1.54, 1.807) is 23.5 Å². The Morgan fingerprint density at radius 1 is 1.00 bits per heavy atom.